The Morgan fingerprint density at radius 1 is 1.15 bits per heavy atom. The highest BCUT2D eigenvalue weighted by Crippen LogP contribution is 2.31. The zero-order valence-electron chi connectivity index (χ0n) is 13.3. The minimum atomic E-state index is 0.225. The van der Waals surface area contributed by atoms with Crippen molar-refractivity contribution in [2.45, 2.75) is 52.4 Å². The lowest BCUT2D eigenvalue weighted by Gasteiger charge is -2.23. The average molecular weight is 273 g/mol. The minimum absolute atomic E-state index is 0.225. The molecule has 0 aliphatic heterocycles. The average Bonchev–Trinajstić information content (AvgIpc) is 2.86. The van der Waals surface area contributed by atoms with Gasteiger partial charge < -0.3 is 9.73 Å². The summed E-state index contributed by atoms with van der Waals surface area (Å²) in [6, 6.07) is 6.64. The third-order valence-electron chi connectivity index (χ3n) is 4.32. The molecule has 0 amide bonds. The van der Waals surface area contributed by atoms with E-state index in [9.17, 15) is 0 Å². The third kappa shape index (κ3) is 3.24. The molecule has 2 aromatic rings. The second-order valence-corrected chi connectivity index (χ2v) is 6.21. The van der Waals surface area contributed by atoms with Crippen LogP contribution in [0.2, 0.25) is 0 Å². The van der Waals surface area contributed by atoms with Gasteiger partial charge in [0.1, 0.15) is 5.58 Å². The summed E-state index contributed by atoms with van der Waals surface area (Å²) in [5, 5.41) is 4.73. The molecule has 0 aliphatic carbocycles. The van der Waals surface area contributed by atoms with Crippen LogP contribution in [0.25, 0.3) is 11.0 Å². The zero-order valence-corrected chi connectivity index (χ0v) is 13.3. The van der Waals surface area contributed by atoms with Crippen LogP contribution >= 0.6 is 0 Å². The van der Waals surface area contributed by atoms with E-state index in [1.807, 2.05) is 6.26 Å². The van der Waals surface area contributed by atoms with Crippen molar-refractivity contribution in [2.75, 3.05) is 13.1 Å². The van der Waals surface area contributed by atoms with Crippen molar-refractivity contribution in [1.82, 2.24) is 5.32 Å². The van der Waals surface area contributed by atoms with Gasteiger partial charge in [0, 0.05) is 5.39 Å². The van der Waals surface area contributed by atoms with Crippen LogP contribution in [-0.2, 0) is 11.8 Å². The number of rotatable bonds is 7. The maximum absolute atomic E-state index is 5.68. The SMILES string of the molecule is CCCNCCc1coc2ccc(C(C)(C)CC)cc12. The van der Waals surface area contributed by atoms with Crippen molar-refractivity contribution in [3.05, 3.63) is 35.6 Å². The Hall–Kier alpha value is -1.28. The van der Waals surface area contributed by atoms with E-state index in [0.717, 1.165) is 31.5 Å². The molecule has 0 aliphatic rings. The molecule has 0 unspecified atom stereocenters. The lowest BCUT2D eigenvalue weighted by Crippen LogP contribution is -2.17. The quantitative estimate of drug-likeness (QED) is 0.742. The first-order valence-corrected chi connectivity index (χ1v) is 7.79. The molecule has 1 aromatic heterocycles. The molecule has 0 bridgehead atoms. The van der Waals surface area contributed by atoms with Crippen LogP contribution in [0.4, 0.5) is 0 Å². The van der Waals surface area contributed by atoms with Crippen molar-refractivity contribution >= 4 is 11.0 Å². The van der Waals surface area contributed by atoms with E-state index in [1.165, 1.54) is 22.9 Å². The molecular formula is C18H27NO. The van der Waals surface area contributed by atoms with Gasteiger partial charge in [0.25, 0.3) is 0 Å². The van der Waals surface area contributed by atoms with E-state index in [1.54, 1.807) is 0 Å². The summed E-state index contributed by atoms with van der Waals surface area (Å²) in [7, 11) is 0. The van der Waals surface area contributed by atoms with E-state index >= 15 is 0 Å². The van der Waals surface area contributed by atoms with Gasteiger partial charge in [-0.25, -0.2) is 0 Å². The number of furan rings is 1. The van der Waals surface area contributed by atoms with Gasteiger partial charge in [-0.15, -0.1) is 0 Å². The summed E-state index contributed by atoms with van der Waals surface area (Å²) in [6.07, 6.45) is 5.27. The zero-order chi connectivity index (χ0) is 14.6. The molecule has 1 heterocycles. The second-order valence-electron chi connectivity index (χ2n) is 6.21. The van der Waals surface area contributed by atoms with Gasteiger partial charge in [-0.05, 0) is 61.0 Å². The van der Waals surface area contributed by atoms with E-state index in [2.05, 4.69) is 51.2 Å². The highest BCUT2D eigenvalue weighted by molar-refractivity contribution is 5.82. The van der Waals surface area contributed by atoms with Gasteiger partial charge in [-0.2, -0.15) is 0 Å². The van der Waals surface area contributed by atoms with Crippen LogP contribution in [-0.4, -0.2) is 13.1 Å². The first-order chi connectivity index (χ1) is 9.58. The first-order valence-electron chi connectivity index (χ1n) is 7.79. The molecule has 20 heavy (non-hydrogen) atoms. The van der Waals surface area contributed by atoms with Gasteiger partial charge >= 0.3 is 0 Å². The van der Waals surface area contributed by atoms with Crippen LogP contribution in [0.5, 0.6) is 0 Å². The van der Waals surface area contributed by atoms with Crippen LogP contribution in [0.1, 0.15) is 51.7 Å². The fourth-order valence-electron chi connectivity index (χ4n) is 2.43. The van der Waals surface area contributed by atoms with Crippen molar-refractivity contribution in [2.24, 2.45) is 0 Å². The summed E-state index contributed by atoms with van der Waals surface area (Å²) in [5.41, 5.74) is 3.95. The van der Waals surface area contributed by atoms with E-state index < -0.39 is 0 Å². The maximum Gasteiger partial charge on any atom is 0.134 e. The fraction of sp³-hybridized carbons (Fsp3) is 0.556. The number of hydrogen-bond donors (Lipinski definition) is 1. The summed E-state index contributed by atoms with van der Waals surface area (Å²) in [6.45, 7) is 11.1. The predicted molar refractivity (Wildman–Crippen MR) is 86.4 cm³/mol. The molecule has 2 rings (SSSR count). The third-order valence-corrected chi connectivity index (χ3v) is 4.32. The molecule has 1 N–H and O–H groups in total. The lowest BCUT2D eigenvalue weighted by molar-refractivity contribution is 0.506. The van der Waals surface area contributed by atoms with Crippen LogP contribution < -0.4 is 5.32 Å². The van der Waals surface area contributed by atoms with Crippen molar-refractivity contribution < 1.29 is 4.42 Å². The number of nitrogens with one attached hydrogen (secondary N) is 1. The van der Waals surface area contributed by atoms with Gasteiger partial charge in [0.15, 0.2) is 0 Å². The van der Waals surface area contributed by atoms with E-state index in [-0.39, 0.29) is 5.41 Å². The highest BCUT2D eigenvalue weighted by Gasteiger charge is 2.19. The molecular weight excluding hydrogens is 246 g/mol. The molecule has 2 nitrogen and oxygen atoms in total. The Balaban J connectivity index is 2.21. The van der Waals surface area contributed by atoms with Crippen LogP contribution in [0.15, 0.2) is 28.9 Å². The number of hydrogen-bond acceptors (Lipinski definition) is 2. The minimum Gasteiger partial charge on any atom is -0.464 e. The standard InChI is InChI=1S/C18H27NO/c1-5-10-19-11-9-14-13-20-17-8-7-15(12-16(14)17)18(3,4)6-2/h7-8,12-13,19H,5-6,9-11H2,1-4H3. The Kier molecular flexibility index (Phi) is 4.87. The Labute approximate surface area is 122 Å². The Bertz CT molecular complexity index is 554. The molecule has 110 valence electrons. The second kappa shape index (κ2) is 6.45. The normalized spacial score (nSPS) is 12.2. The van der Waals surface area contributed by atoms with E-state index in [4.69, 9.17) is 4.42 Å². The Morgan fingerprint density at radius 3 is 2.65 bits per heavy atom. The van der Waals surface area contributed by atoms with Crippen molar-refractivity contribution in [3.8, 4) is 0 Å². The van der Waals surface area contributed by atoms with Crippen LogP contribution in [0, 0.1) is 0 Å². The number of benzene rings is 1. The fourth-order valence-corrected chi connectivity index (χ4v) is 2.43. The van der Waals surface area contributed by atoms with Crippen molar-refractivity contribution in [1.29, 1.82) is 0 Å². The molecule has 2 heteroatoms. The van der Waals surface area contributed by atoms with Gasteiger partial charge in [-0.3, -0.25) is 0 Å². The lowest BCUT2D eigenvalue weighted by atomic mass is 9.82. The van der Waals surface area contributed by atoms with Crippen molar-refractivity contribution in [3.63, 3.8) is 0 Å². The smallest absolute Gasteiger partial charge is 0.134 e. The Morgan fingerprint density at radius 2 is 1.95 bits per heavy atom. The molecule has 0 atom stereocenters. The van der Waals surface area contributed by atoms with Gasteiger partial charge in [0.05, 0.1) is 6.26 Å². The maximum atomic E-state index is 5.68. The highest BCUT2D eigenvalue weighted by atomic mass is 16.3. The molecule has 0 spiro atoms. The summed E-state index contributed by atoms with van der Waals surface area (Å²) >= 11 is 0. The predicted octanol–water partition coefficient (Wildman–Crippen LogP) is 4.66. The topological polar surface area (TPSA) is 25.2 Å². The first kappa shape index (κ1) is 15.1. The monoisotopic (exact) mass is 273 g/mol. The van der Waals surface area contributed by atoms with Gasteiger partial charge in [-0.1, -0.05) is 33.8 Å². The summed E-state index contributed by atoms with van der Waals surface area (Å²) in [5.74, 6) is 0. The molecule has 0 fully saturated rings. The van der Waals surface area contributed by atoms with E-state index in [0.29, 0.717) is 0 Å². The molecule has 0 saturated heterocycles. The van der Waals surface area contributed by atoms with Gasteiger partial charge in [0.2, 0.25) is 0 Å². The number of fused-ring (bicyclic) bond motifs is 1. The summed E-state index contributed by atoms with van der Waals surface area (Å²) < 4.78 is 5.68. The summed E-state index contributed by atoms with van der Waals surface area (Å²) in [4.78, 5) is 0. The molecule has 1 aromatic carbocycles. The largest absolute Gasteiger partial charge is 0.464 e. The molecule has 0 saturated carbocycles. The molecule has 0 radical (unpaired) electrons. The van der Waals surface area contributed by atoms with Crippen LogP contribution in [0.3, 0.4) is 0 Å².